The summed E-state index contributed by atoms with van der Waals surface area (Å²) in [6, 6.07) is 8.67. The van der Waals surface area contributed by atoms with E-state index in [1.54, 1.807) is 18.2 Å². The molecule has 29 heavy (non-hydrogen) atoms. The number of hydrogen-bond donors (Lipinski definition) is 1. The molecule has 0 bridgehead atoms. The maximum atomic E-state index is 12.8. The molecule has 0 spiro atoms. The van der Waals surface area contributed by atoms with Gasteiger partial charge in [0.1, 0.15) is 10.0 Å². The largest absolute Gasteiger partial charge is 0.395 e. The van der Waals surface area contributed by atoms with Crippen LogP contribution in [0.2, 0.25) is 9.36 Å². The van der Waals surface area contributed by atoms with Crippen molar-refractivity contribution in [2.24, 2.45) is 0 Å². The molecule has 1 fully saturated rings. The van der Waals surface area contributed by atoms with E-state index in [0.717, 1.165) is 28.2 Å². The highest BCUT2D eigenvalue weighted by atomic mass is 35.5. The molecule has 1 saturated heterocycles. The van der Waals surface area contributed by atoms with E-state index in [0.29, 0.717) is 48.6 Å². The highest BCUT2D eigenvalue weighted by molar-refractivity contribution is 7.91. The number of aliphatic hydroxyl groups is 1. The molecule has 3 aromatic rings. The molecule has 3 heterocycles. The van der Waals surface area contributed by atoms with E-state index >= 15 is 0 Å². The summed E-state index contributed by atoms with van der Waals surface area (Å²) in [4.78, 5) is 6.86. The Morgan fingerprint density at radius 1 is 1.10 bits per heavy atom. The number of benzene rings is 1. The van der Waals surface area contributed by atoms with E-state index in [4.69, 9.17) is 28.2 Å². The number of fused-ring (bicyclic) bond motifs is 1. The van der Waals surface area contributed by atoms with Gasteiger partial charge in [-0.1, -0.05) is 23.2 Å². The van der Waals surface area contributed by atoms with Gasteiger partial charge in [-0.3, -0.25) is 4.90 Å². The minimum Gasteiger partial charge on any atom is -0.395 e. The zero-order chi connectivity index (χ0) is 20.6. The van der Waals surface area contributed by atoms with E-state index in [-0.39, 0.29) is 10.8 Å². The zero-order valence-electron chi connectivity index (χ0n) is 15.5. The summed E-state index contributed by atoms with van der Waals surface area (Å²) < 4.78 is 29.7. The minimum atomic E-state index is -3.51. The maximum absolute atomic E-state index is 12.8. The Balaban J connectivity index is 1.48. The first-order valence-corrected chi connectivity index (χ1v) is 12.1. The molecule has 0 radical (unpaired) electrons. The molecule has 1 aliphatic rings. The summed E-state index contributed by atoms with van der Waals surface area (Å²) in [6.07, 6.45) is 0. The van der Waals surface area contributed by atoms with Crippen molar-refractivity contribution in [3.63, 3.8) is 0 Å². The van der Waals surface area contributed by atoms with Gasteiger partial charge in [-0.15, -0.1) is 11.3 Å². The lowest BCUT2D eigenvalue weighted by molar-refractivity contribution is 0.175. The lowest BCUT2D eigenvalue weighted by Gasteiger charge is -2.33. The van der Waals surface area contributed by atoms with Gasteiger partial charge in [0, 0.05) is 37.7 Å². The van der Waals surface area contributed by atoms with Gasteiger partial charge in [-0.25, -0.2) is 13.4 Å². The second kappa shape index (κ2) is 8.50. The summed E-state index contributed by atoms with van der Waals surface area (Å²) in [7, 11) is -3.51. The first-order chi connectivity index (χ1) is 13.9. The predicted molar refractivity (Wildman–Crippen MR) is 115 cm³/mol. The van der Waals surface area contributed by atoms with Crippen molar-refractivity contribution in [3.05, 3.63) is 45.5 Å². The van der Waals surface area contributed by atoms with Gasteiger partial charge >= 0.3 is 0 Å². The van der Waals surface area contributed by atoms with Crippen LogP contribution in [0.25, 0.3) is 11.0 Å². The van der Waals surface area contributed by atoms with Crippen molar-refractivity contribution >= 4 is 55.6 Å². The van der Waals surface area contributed by atoms with Gasteiger partial charge in [0.05, 0.1) is 28.5 Å². The fraction of sp³-hybridized carbons (Fsp3) is 0.389. The van der Waals surface area contributed by atoms with Gasteiger partial charge < -0.3 is 9.67 Å². The van der Waals surface area contributed by atoms with Gasteiger partial charge in [0.15, 0.2) is 0 Å². The molecule has 0 unspecified atom stereocenters. The van der Waals surface area contributed by atoms with Crippen LogP contribution in [0.4, 0.5) is 0 Å². The van der Waals surface area contributed by atoms with Crippen LogP contribution in [0.3, 0.4) is 0 Å². The number of hydrogen-bond acceptors (Lipinski definition) is 6. The minimum absolute atomic E-state index is 0.000365. The number of rotatable bonds is 6. The lowest BCUT2D eigenvalue weighted by Crippen LogP contribution is -2.48. The van der Waals surface area contributed by atoms with Crippen LogP contribution in [0.15, 0.2) is 34.5 Å². The molecule has 0 saturated carbocycles. The molecule has 0 aliphatic carbocycles. The molecule has 0 atom stereocenters. The summed E-state index contributed by atoms with van der Waals surface area (Å²) in [5, 5.41) is 10.1. The summed E-state index contributed by atoms with van der Waals surface area (Å²) in [5.41, 5.74) is 1.71. The molecule has 0 amide bonds. The summed E-state index contributed by atoms with van der Waals surface area (Å²) in [6.45, 7) is 3.02. The summed E-state index contributed by atoms with van der Waals surface area (Å²) in [5.74, 6) is 0.831. The number of imidazole rings is 1. The van der Waals surface area contributed by atoms with Crippen LogP contribution >= 0.6 is 34.5 Å². The molecule has 4 rings (SSSR count). The van der Waals surface area contributed by atoms with Gasteiger partial charge in [0.25, 0.3) is 10.0 Å². The Labute approximate surface area is 183 Å². The number of thiophene rings is 1. The van der Waals surface area contributed by atoms with Crippen molar-refractivity contribution in [3.8, 4) is 0 Å². The van der Waals surface area contributed by atoms with E-state index in [1.807, 2.05) is 16.7 Å². The van der Waals surface area contributed by atoms with Gasteiger partial charge in [-0.05, 0) is 30.3 Å². The van der Waals surface area contributed by atoms with Crippen LogP contribution < -0.4 is 0 Å². The van der Waals surface area contributed by atoms with Crippen LogP contribution in [-0.2, 0) is 23.1 Å². The van der Waals surface area contributed by atoms with Gasteiger partial charge in [0.2, 0.25) is 0 Å². The van der Waals surface area contributed by atoms with E-state index in [2.05, 4.69) is 4.90 Å². The van der Waals surface area contributed by atoms with Crippen LogP contribution in [0, 0.1) is 0 Å². The number of piperazine rings is 1. The number of halogens is 2. The number of aromatic nitrogens is 2. The topological polar surface area (TPSA) is 78.7 Å². The van der Waals surface area contributed by atoms with E-state index in [1.165, 1.54) is 4.31 Å². The highest BCUT2D eigenvalue weighted by Gasteiger charge is 2.30. The van der Waals surface area contributed by atoms with Gasteiger partial charge in [-0.2, -0.15) is 4.31 Å². The molecule has 156 valence electrons. The average molecular weight is 475 g/mol. The van der Waals surface area contributed by atoms with E-state index < -0.39 is 10.0 Å². The van der Waals surface area contributed by atoms with Crippen molar-refractivity contribution in [1.29, 1.82) is 0 Å². The first-order valence-electron chi connectivity index (χ1n) is 9.12. The smallest absolute Gasteiger partial charge is 0.252 e. The molecule has 2 aromatic heterocycles. The molecular formula is C18H20Cl2N4O3S2. The summed E-state index contributed by atoms with van der Waals surface area (Å²) >= 11 is 13.1. The second-order valence-electron chi connectivity index (χ2n) is 6.78. The zero-order valence-corrected chi connectivity index (χ0v) is 18.6. The standard InChI is InChI=1S/C18H20Cl2N4O3S2/c19-13-1-2-14-15(11-13)24(9-10-25)17(21-14)12-22-5-7-23(8-6-22)29(26,27)18-4-3-16(20)28-18/h1-4,11,25H,5-10,12H2. The fourth-order valence-electron chi connectivity index (χ4n) is 3.51. The van der Waals surface area contributed by atoms with Crippen LogP contribution in [-0.4, -0.2) is 65.1 Å². The normalized spacial score (nSPS) is 16.7. The molecule has 1 aromatic carbocycles. The third-order valence-corrected chi connectivity index (χ3v) is 8.78. The third kappa shape index (κ3) is 4.32. The Kier molecular flexibility index (Phi) is 6.17. The Morgan fingerprint density at radius 2 is 1.86 bits per heavy atom. The Morgan fingerprint density at radius 3 is 2.52 bits per heavy atom. The number of nitrogens with zero attached hydrogens (tertiary/aromatic N) is 4. The van der Waals surface area contributed by atoms with Crippen molar-refractivity contribution < 1.29 is 13.5 Å². The lowest BCUT2D eigenvalue weighted by atomic mass is 10.3. The first kappa shape index (κ1) is 21.0. The number of aliphatic hydroxyl groups excluding tert-OH is 1. The van der Waals surface area contributed by atoms with Crippen LogP contribution in [0.1, 0.15) is 5.82 Å². The molecule has 1 N–H and O–H groups in total. The maximum Gasteiger partial charge on any atom is 0.252 e. The third-order valence-electron chi connectivity index (χ3n) is 4.95. The number of sulfonamides is 1. The SMILES string of the molecule is O=S(=O)(c1ccc(Cl)s1)N1CCN(Cc2nc3ccc(Cl)cc3n2CCO)CC1. The monoisotopic (exact) mass is 474 g/mol. The Hall–Kier alpha value is -1.20. The van der Waals surface area contributed by atoms with Crippen LogP contribution in [0.5, 0.6) is 0 Å². The van der Waals surface area contributed by atoms with Crippen molar-refractivity contribution in [2.75, 3.05) is 32.8 Å². The van der Waals surface area contributed by atoms with Crippen molar-refractivity contribution in [2.45, 2.75) is 17.3 Å². The molecule has 1 aliphatic heterocycles. The predicted octanol–water partition coefficient (Wildman–Crippen LogP) is 2.90. The Bertz CT molecular complexity index is 1120. The van der Waals surface area contributed by atoms with Crippen molar-refractivity contribution in [1.82, 2.24) is 18.8 Å². The second-order valence-corrected chi connectivity index (χ2v) is 11.1. The quantitative estimate of drug-likeness (QED) is 0.593. The molecule has 7 nitrogen and oxygen atoms in total. The molecule has 11 heteroatoms. The average Bonchev–Trinajstić information content (AvgIpc) is 3.27. The molecular weight excluding hydrogens is 455 g/mol. The highest BCUT2D eigenvalue weighted by Crippen LogP contribution is 2.29. The van der Waals surface area contributed by atoms with E-state index in [9.17, 15) is 13.5 Å². The fourth-order valence-corrected chi connectivity index (χ4v) is 6.73.